The molecule has 0 heterocycles. The van der Waals surface area contributed by atoms with E-state index in [2.05, 4.69) is 4.74 Å². The molecule has 0 saturated heterocycles. The van der Waals surface area contributed by atoms with Gasteiger partial charge in [0.05, 0.1) is 7.11 Å². The molecular formula is C12H18O4. The molecule has 0 aliphatic heterocycles. The average Bonchev–Trinajstić information content (AvgIpc) is 2.15. The summed E-state index contributed by atoms with van der Waals surface area (Å²) in [7, 11) is 1.23. The smallest absolute Gasteiger partial charge is 0.319 e. The standard InChI is InChI=1S/C12H18O4/c1-11(2,3)12(15)7-5-6-8(13)9(12)10(14)16-4/h5-7,9,13,15H,1-4H3. The summed E-state index contributed by atoms with van der Waals surface area (Å²) in [5, 5.41) is 20.3. The molecule has 0 amide bonds. The predicted molar refractivity (Wildman–Crippen MR) is 59.8 cm³/mol. The number of aliphatic hydroxyl groups is 2. The Kier molecular flexibility index (Phi) is 3.15. The van der Waals surface area contributed by atoms with Crippen molar-refractivity contribution in [3.05, 3.63) is 24.0 Å². The van der Waals surface area contributed by atoms with Crippen LogP contribution in [0.15, 0.2) is 24.0 Å². The zero-order chi connectivity index (χ0) is 12.6. The topological polar surface area (TPSA) is 66.8 Å². The molecule has 90 valence electrons. The van der Waals surface area contributed by atoms with Crippen molar-refractivity contribution >= 4 is 5.97 Å². The molecule has 0 aromatic carbocycles. The minimum Gasteiger partial charge on any atom is -0.511 e. The summed E-state index contributed by atoms with van der Waals surface area (Å²) in [6.07, 6.45) is 4.45. The number of ether oxygens (including phenoxy) is 1. The highest BCUT2D eigenvalue weighted by molar-refractivity contribution is 5.78. The molecule has 4 heteroatoms. The minimum absolute atomic E-state index is 0.174. The quantitative estimate of drug-likeness (QED) is 0.666. The number of carbonyl (C=O) groups excluding carboxylic acids is 1. The van der Waals surface area contributed by atoms with Gasteiger partial charge in [-0.2, -0.15) is 0 Å². The molecule has 1 rings (SSSR count). The first-order valence-electron chi connectivity index (χ1n) is 5.12. The van der Waals surface area contributed by atoms with E-state index in [-0.39, 0.29) is 5.76 Å². The van der Waals surface area contributed by atoms with Crippen molar-refractivity contribution in [1.29, 1.82) is 0 Å². The molecule has 0 fully saturated rings. The third-order valence-electron chi connectivity index (χ3n) is 2.99. The van der Waals surface area contributed by atoms with Crippen LogP contribution in [0.3, 0.4) is 0 Å². The lowest BCUT2D eigenvalue weighted by molar-refractivity contribution is -0.159. The van der Waals surface area contributed by atoms with Crippen molar-refractivity contribution in [2.45, 2.75) is 26.4 Å². The number of aliphatic hydroxyl groups excluding tert-OH is 1. The maximum atomic E-state index is 11.6. The second-order valence-electron chi connectivity index (χ2n) is 4.98. The molecule has 0 aromatic rings. The highest BCUT2D eigenvalue weighted by Gasteiger charge is 2.51. The van der Waals surface area contributed by atoms with E-state index in [1.54, 1.807) is 26.8 Å². The van der Waals surface area contributed by atoms with Gasteiger partial charge in [0.1, 0.15) is 17.3 Å². The van der Waals surface area contributed by atoms with Crippen LogP contribution in [0.2, 0.25) is 0 Å². The molecular weight excluding hydrogens is 208 g/mol. The highest BCUT2D eigenvalue weighted by Crippen LogP contribution is 2.42. The van der Waals surface area contributed by atoms with E-state index in [0.717, 1.165) is 0 Å². The van der Waals surface area contributed by atoms with Gasteiger partial charge in [-0.1, -0.05) is 32.9 Å². The summed E-state index contributed by atoms with van der Waals surface area (Å²) in [5.41, 5.74) is -2.04. The fraction of sp³-hybridized carbons (Fsp3) is 0.583. The summed E-state index contributed by atoms with van der Waals surface area (Å²) in [6, 6.07) is 0. The summed E-state index contributed by atoms with van der Waals surface area (Å²) in [6.45, 7) is 5.39. The van der Waals surface area contributed by atoms with Gasteiger partial charge in [0.25, 0.3) is 0 Å². The molecule has 0 radical (unpaired) electrons. The van der Waals surface area contributed by atoms with E-state index in [1.807, 2.05) is 0 Å². The minimum atomic E-state index is -1.45. The molecule has 0 spiro atoms. The van der Waals surface area contributed by atoms with Crippen molar-refractivity contribution in [3.8, 4) is 0 Å². The van der Waals surface area contributed by atoms with Gasteiger partial charge in [0, 0.05) is 0 Å². The van der Waals surface area contributed by atoms with Gasteiger partial charge in [-0.05, 0) is 11.5 Å². The number of hydrogen-bond donors (Lipinski definition) is 2. The Morgan fingerprint density at radius 2 is 2.06 bits per heavy atom. The fourth-order valence-electron chi connectivity index (χ4n) is 1.81. The Balaban J connectivity index is 3.23. The zero-order valence-corrected chi connectivity index (χ0v) is 10.0. The van der Waals surface area contributed by atoms with Crippen LogP contribution in [0.25, 0.3) is 0 Å². The van der Waals surface area contributed by atoms with Crippen LogP contribution in [0.4, 0.5) is 0 Å². The summed E-state index contributed by atoms with van der Waals surface area (Å²) >= 11 is 0. The Morgan fingerprint density at radius 1 is 1.50 bits per heavy atom. The number of allylic oxidation sites excluding steroid dienone is 2. The third kappa shape index (κ3) is 1.85. The first kappa shape index (κ1) is 12.8. The molecule has 4 nitrogen and oxygen atoms in total. The zero-order valence-electron chi connectivity index (χ0n) is 10.0. The second-order valence-corrected chi connectivity index (χ2v) is 4.98. The van der Waals surface area contributed by atoms with Gasteiger partial charge in [0.15, 0.2) is 0 Å². The molecule has 1 aliphatic carbocycles. The number of esters is 1. The highest BCUT2D eigenvalue weighted by atomic mass is 16.5. The monoisotopic (exact) mass is 226 g/mol. The van der Waals surface area contributed by atoms with Crippen LogP contribution in [-0.2, 0) is 9.53 Å². The van der Waals surface area contributed by atoms with Crippen LogP contribution in [0, 0.1) is 11.3 Å². The van der Waals surface area contributed by atoms with Gasteiger partial charge in [-0.3, -0.25) is 4.79 Å². The van der Waals surface area contributed by atoms with Gasteiger partial charge in [-0.15, -0.1) is 0 Å². The Labute approximate surface area is 95.2 Å². The lowest BCUT2D eigenvalue weighted by Crippen LogP contribution is -2.52. The molecule has 2 atom stereocenters. The van der Waals surface area contributed by atoms with E-state index < -0.39 is 22.9 Å². The predicted octanol–water partition coefficient (Wildman–Crippen LogP) is 1.56. The Morgan fingerprint density at radius 3 is 2.50 bits per heavy atom. The molecule has 0 aromatic heterocycles. The summed E-state index contributed by atoms with van der Waals surface area (Å²) in [4.78, 5) is 11.6. The molecule has 1 aliphatic rings. The van der Waals surface area contributed by atoms with Gasteiger partial charge < -0.3 is 14.9 Å². The number of rotatable bonds is 1. The maximum Gasteiger partial charge on any atom is 0.319 e. The van der Waals surface area contributed by atoms with Crippen molar-refractivity contribution < 1.29 is 19.7 Å². The van der Waals surface area contributed by atoms with E-state index in [1.165, 1.54) is 19.3 Å². The Bertz CT molecular complexity index is 349. The van der Waals surface area contributed by atoms with E-state index >= 15 is 0 Å². The van der Waals surface area contributed by atoms with E-state index in [9.17, 15) is 15.0 Å². The summed E-state index contributed by atoms with van der Waals surface area (Å²) in [5.74, 6) is -1.88. The molecule has 2 unspecified atom stereocenters. The Hall–Kier alpha value is -1.29. The van der Waals surface area contributed by atoms with Gasteiger partial charge in [-0.25, -0.2) is 0 Å². The van der Waals surface area contributed by atoms with Crippen molar-refractivity contribution in [2.24, 2.45) is 11.3 Å². The van der Waals surface area contributed by atoms with Crippen molar-refractivity contribution in [1.82, 2.24) is 0 Å². The van der Waals surface area contributed by atoms with E-state index in [0.29, 0.717) is 0 Å². The summed E-state index contributed by atoms with van der Waals surface area (Å²) < 4.78 is 4.62. The van der Waals surface area contributed by atoms with Crippen molar-refractivity contribution in [2.75, 3.05) is 7.11 Å². The van der Waals surface area contributed by atoms with Crippen LogP contribution in [0.1, 0.15) is 20.8 Å². The molecule has 0 saturated carbocycles. The third-order valence-corrected chi connectivity index (χ3v) is 2.99. The molecule has 2 N–H and O–H groups in total. The molecule has 16 heavy (non-hydrogen) atoms. The van der Waals surface area contributed by atoms with Crippen LogP contribution >= 0.6 is 0 Å². The average molecular weight is 226 g/mol. The van der Waals surface area contributed by atoms with Crippen LogP contribution in [-0.4, -0.2) is 28.9 Å². The maximum absolute atomic E-state index is 11.6. The van der Waals surface area contributed by atoms with Gasteiger partial charge >= 0.3 is 5.97 Å². The number of hydrogen-bond acceptors (Lipinski definition) is 4. The SMILES string of the molecule is COC(=O)C1C(O)=CC=CC1(O)C(C)(C)C. The normalized spacial score (nSPS) is 29.8. The first-order chi connectivity index (χ1) is 7.24. The van der Waals surface area contributed by atoms with Gasteiger partial charge in [0.2, 0.25) is 0 Å². The number of carbonyl (C=O) groups is 1. The molecule has 0 bridgehead atoms. The largest absolute Gasteiger partial charge is 0.511 e. The van der Waals surface area contributed by atoms with Crippen LogP contribution in [0.5, 0.6) is 0 Å². The number of methoxy groups -OCH3 is 1. The first-order valence-corrected chi connectivity index (χ1v) is 5.12. The lowest BCUT2D eigenvalue weighted by atomic mass is 9.66. The van der Waals surface area contributed by atoms with E-state index in [4.69, 9.17) is 0 Å². The second kappa shape index (κ2) is 3.94. The lowest BCUT2D eigenvalue weighted by Gasteiger charge is -2.43. The van der Waals surface area contributed by atoms with Crippen molar-refractivity contribution in [3.63, 3.8) is 0 Å². The van der Waals surface area contributed by atoms with Crippen LogP contribution < -0.4 is 0 Å². The fourth-order valence-corrected chi connectivity index (χ4v) is 1.81.